The fraction of sp³-hybridized carbons (Fsp3) is 0.542. The van der Waals surface area contributed by atoms with Gasteiger partial charge in [0.2, 0.25) is 5.91 Å². The zero-order valence-corrected chi connectivity index (χ0v) is 19.4. The number of thiophene rings is 1. The van der Waals surface area contributed by atoms with Crippen LogP contribution in [0.25, 0.3) is 0 Å². The lowest BCUT2D eigenvalue weighted by Crippen LogP contribution is -2.39. The molecular formula is C24H33N3O3S. The van der Waals surface area contributed by atoms with Gasteiger partial charge in [-0.3, -0.25) is 9.69 Å². The highest BCUT2D eigenvalue weighted by atomic mass is 32.1. The molecule has 0 N–H and O–H groups in total. The predicted molar refractivity (Wildman–Crippen MR) is 125 cm³/mol. The van der Waals surface area contributed by atoms with Crippen molar-refractivity contribution in [3.8, 4) is 11.5 Å². The van der Waals surface area contributed by atoms with Gasteiger partial charge in [-0.15, -0.1) is 11.3 Å². The summed E-state index contributed by atoms with van der Waals surface area (Å²) in [5.41, 5.74) is 0.862. The van der Waals surface area contributed by atoms with Crippen LogP contribution >= 0.6 is 11.3 Å². The maximum atomic E-state index is 13.4. The summed E-state index contributed by atoms with van der Waals surface area (Å²) >= 11 is 1.68. The largest absolute Gasteiger partial charge is 0.486 e. The number of amides is 1. The third kappa shape index (κ3) is 5.79. The number of rotatable bonds is 9. The molecule has 0 saturated carbocycles. The van der Waals surface area contributed by atoms with Gasteiger partial charge in [0.1, 0.15) is 13.2 Å². The molecule has 6 nitrogen and oxygen atoms in total. The molecule has 7 heteroatoms. The van der Waals surface area contributed by atoms with E-state index in [1.54, 1.807) is 11.3 Å². The summed E-state index contributed by atoms with van der Waals surface area (Å²) in [4.78, 5) is 21.2. The number of hydrogen-bond acceptors (Lipinski definition) is 6. The topological polar surface area (TPSA) is 45.2 Å². The van der Waals surface area contributed by atoms with Gasteiger partial charge >= 0.3 is 0 Å². The van der Waals surface area contributed by atoms with Gasteiger partial charge in [0, 0.05) is 29.7 Å². The molecule has 0 aliphatic carbocycles. The molecule has 0 radical (unpaired) electrons. The van der Waals surface area contributed by atoms with Crippen molar-refractivity contribution in [1.82, 2.24) is 9.80 Å². The lowest BCUT2D eigenvalue weighted by Gasteiger charge is -2.27. The summed E-state index contributed by atoms with van der Waals surface area (Å²) in [7, 11) is 2.20. The van der Waals surface area contributed by atoms with Gasteiger partial charge in [-0.2, -0.15) is 0 Å². The highest BCUT2D eigenvalue weighted by Crippen LogP contribution is 2.35. The van der Waals surface area contributed by atoms with Crippen molar-refractivity contribution >= 4 is 22.9 Å². The van der Waals surface area contributed by atoms with Crippen LogP contribution in [0.4, 0.5) is 5.69 Å². The van der Waals surface area contributed by atoms with Crippen molar-refractivity contribution in [3.05, 3.63) is 40.6 Å². The van der Waals surface area contributed by atoms with Crippen LogP contribution in [0.15, 0.2) is 35.7 Å². The van der Waals surface area contributed by atoms with Crippen LogP contribution in [-0.2, 0) is 11.3 Å². The van der Waals surface area contributed by atoms with E-state index < -0.39 is 0 Å². The summed E-state index contributed by atoms with van der Waals surface area (Å²) in [6.07, 6.45) is 2.34. The molecular weight excluding hydrogens is 410 g/mol. The molecule has 168 valence electrons. The predicted octanol–water partition coefficient (Wildman–Crippen LogP) is 3.72. The van der Waals surface area contributed by atoms with Gasteiger partial charge in [-0.1, -0.05) is 13.0 Å². The first-order valence-electron chi connectivity index (χ1n) is 11.3. The van der Waals surface area contributed by atoms with E-state index in [4.69, 9.17) is 9.47 Å². The van der Waals surface area contributed by atoms with Crippen molar-refractivity contribution in [2.75, 3.05) is 57.9 Å². The molecule has 0 spiro atoms. The minimum atomic E-state index is 0.132. The molecule has 4 rings (SSSR count). The third-order valence-corrected chi connectivity index (χ3v) is 6.80. The van der Waals surface area contributed by atoms with Crippen LogP contribution in [0.5, 0.6) is 11.5 Å². The second-order valence-electron chi connectivity index (χ2n) is 8.54. The molecule has 31 heavy (non-hydrogen) atoms. The third-order valence-electron chi connectivity index (χ3n) is 5.94. The average molecular weight is 444 g/mol. The van der Waals surface area contributed by atoms with Gasteiger partial charge in [-0.25, -0.2) is 0 Å². The molecule has 2 aliphatic heterocycles. The standard InChI is InChI=1S/C24H33N3O3S/c1-3-9-25(2)15-19-8-10-26(16-19)18-24(28)27(17-21-5-4-13-31-21)20-6-7-22-23(14-20)30-12-11-29-22/h4-7,13-14,19H,3,8-12,15-18H2,1-2H3. The van der Waals surface area contributed by atoms with Crippen LogP contribution in [0.3, 0.4) is 0 Å². The van der Waals surface area contributed by atoms with Gasteiger partial charge in [-0.05, 0) is 62.5 Å². The van der Waals surface area contributed by atoms with Crippen molar-refractivity contribution in [2.24, 2.45) is 5.92 Å². The van der Waals surface area contributed by atoms with E-state index in [1.165, 1.54) is 11.3 Å². The van der Waals surface area contributed by atoms with Crippen LogP contribution in [0, 0.1) is 5.92 Å². The smallest absolute Gasteiger partial charge is 0.241 e. The molecule has 1 aromatic carbocycles. The first-order chi connectivity index (χ1) is 15.1. The van der Waals surface area contributed by atoms with E-state index >= 15 is 0 Å². The first kappa shape index (κ1) is 22.1. The van der Waals surface area contributed by atoms with E-state index in [0.717, 1.165) is 44.0 Å². The number of nitrogens with zero attached hydrogens (tertiary/aromatic N) is 3. The number of ether oxygens (including phenoxy) is 2. The van der Waals surface area contributed by atoms with E-state index in [1.807, 2.05) is 29.2 Å². The zero-order valence-electron chi connectivity index (χ0n) is 18.6. The summed E-state index contributed by atoms with van der Waals surface area (Å²) in [5.74, 6) is 2.24. The Morgan fingerprint density at radius 1 is 1.23 bits per heavy atom. The van der Waals surface area contributed by atoms with Crippen LogP contribution in [0.1, 0.15) is 24.6 Å². The second kappa shape index (κ2) is 10.5. The molecule has 1 aromatic heterocycles. The first-order valence-corrected chi connectivity index (χ1v) is 12.1. The highest BCUT2D eigenvalue weighted by Gasteiger charge is 2.28. The Morgan fingerprint density at radius 3 is 2.84 bits per heavy atom. The van der Waals surface area contributed by atoms with Gasteiger partial charge < -0.3 is 19.3 Å². The quantitative estimate of drug-likeness (QED) is 0.591. The van der Waals surface area contributed by atoms with Gasteiger partial charge in [0.05, 0.1) is 13.1 Å². The Kier molecular flexibility index (Phi) is 7.48. The minimum Gasteiger partial charge on any atom is -0.486 e. The maximum absolute atomic E-state index is 13.4. The van der Waals surface area contributed by atoms with Gasteiger partial charge in [0.25, 0.3) is 0 Å². The molecule has 2 aliphatic rings. The number of carbonyl (C=O) groups is 1. The number of anilines is 1. The average Bonchev–Trinajstić information content (AvgIpc) is 3.44. The Bertz CT molecular complexity index is 858. The van der Waals surface area contributed by atoms with E-state index in [2.05, 4.69) is 35.2 Å². The van der Waals surface area contributed by atoms with E-state index in [0.29, 0.717) is 38.0 Å². The monoisotopic (exact) mass is 443 g/mol. The SMILES string of the molecule is CCCN(C)CC1CCN(CC(=O)N(Cc2cccs2)c2ccc3c(c2)OCCO3)C1. The normalized spacial score (nSPS) is 18.5. The van der Waals surface area contributed by atoms with Crippen LogP contribution in [0.2, 0.25) is 0 Å². The molecule has 1 saturated heterocycles. The lowest BCUT2D eigenvalue weighted by molar-refractivity contribution is -0.119. The summed E-state index contributed by atoms with van der Waals surface area (Å²) in [6.45, 7) is 8.58. The van der Waals surface area contributed by atoms with Crippen LogP contribution in [-0.4, -0.2) is 68.7 Å². The summed E-state index contributed by atoms with van der Waals surface area (Å²) in [5, 5.41) is 2.06. The minimum absolute atomic E-state index is 0.132. The van der Waals surface area contributed by atoms with Crippen molar-refractivity contribution in [3.63, 3.8) is 0 Å². The number of carbonyl (C=O) groups excluding carboxylic acids is 1. The number of fused-ring (bicyclic) bond motifs is 1. The van der Waals surface area contributed by atoms with E-state index in [-0.39, 0.29) is 5.91 Å². The number of likely N-dealkylation sites (tertiary alicyclic amines) is 1. The van der Waals surface area contributed by atoms with E-state index in [9.17, 15) is 4.79 Å². The maximum Gasteiger partial charge on any atom is 0.241 e. The fourth-order valence-corrected chi connectivity index (χ4v) is 5.17. The number of hydrogen-bond donors (Lipinski definition) is 0. The van der Waals surface area contributed by atoms with Crippen molar-refractivity contribution in [2.45, 2.75) is 26.3 Å². The van der Waals surface area contributed by atoms with Gasteiger partial charge in [0.15, 0.2) is 11.5 Å². The summed E-state index contributed by atoms with van der Waals surface area (Å²) < 4.78 is 11.4. The molecule has 2 aromatic rings. The molecule has 1 unspecified atom stereocenters. The summed E-state index contributed by atoms with van der Waals surface area (Å²) in [6, 6.07) is 9.93. The molecule has 1 amide bonds. The second-order valence-corrected chi connectivity index (χ2v) is 9.57. The van der Waals surface area contributed by atoms with Crippen molar-refractivity contribution in [1.29, 1.82) is 0 Å². The molecule has 1 fully saturated rings. The Morgan fingerprint density at radius 2 is 2.06 bits per heavy atom. The van der Waals surface area contributed by atoms with Crippen LogP contribution < -0.4 is 14.4 Å². The Hall–Kier alpha value is -2.09. The highest BCUT2D eigenvalue weighted by molar-refractivity contribution is 7.09. The molecule has 0 bridgehead atoms. The lowest BCUT2D eigenvalue weighted by atomic mass is 10.1. The van der Waals surface area contributed by atoms with Crippen molar-refractivity contribution < 1.29 is 14.3 Å². The molecule has 1 atom stereocenters. The Labute approximate surface area is 189 Å². The molecule has 3 heterocycles. The number of benzene rings is 1. The fourth-order valence-electron chi connectivity index (χ4n) is 4.48. The Balaban J connectivity index is 1.44. The zero-order chi connectivity index (χ0) is 21.6.